The molecule has 8 heteroatoms. The molecule has 3 N–H and O–H groups in total. The third kappa shape index (κ3) is 3.27. The lowest BCUT2D eigenvalue weighted by atomic mass is 10.0. The Hall–Kier alpha value is -1.53. The Morgan fingerprint density at radius 1 is 1.47 bits per heavy atom. The quantitative estimate of drug-likeness (QED) is 0.639. The summed E-state index contributed by atoms with van der Waals surface area (Å²) in [7, 11) is -4.05. The first-order chi connectivity index (χ1) is 8.94. The van der Waals surface area contributed by atoms with Crippen molar-refractivity contribution < 1.29 is 18.6 Å². The molecule has 0 amide bonds. The lowest BCUT2D eigenvalue weighted by Gasteiger charge is -2.29. The number of aliphatic hydroxyl groups is 2. The van der Waals surface area contributed by atoms with Gasteiger partial charge in [-0.1, -0.05) is 6.92 Å². The van der Waals surface area contributed by atoms with E-state index in [1.54, 1.807) is 13.0 Å². The molecule has 0 aliphatic rings. The molecule has 0 saturated heterocycles. The molecule has 19 heavy (non-hydrogen) atoms. The average molecular weight is 285 g/mol. The van der Waals surface area contributed by atoms with Gasteiger partial charge >= 0.3 is 0 Å². The molecule has 0 aromatic carbocycles. The summed E-state index contributed by atoms with van der Waals surface area (Å²) in [6, 6.07) is 4.32. The Morgan fingerprint density at radius 3 is 2.58 bits per heavy atom. The van der Waals surface area contributed by atoms with Crippen molar-refractivity contribution in [2.45, 2.75) is 23.8 Å². The van der Waals surface area contributed by atoms with Crippen molar-refractivity contribution in [1.29, 1.82) is 5.26 Å². The Balaban J connectivity index is 3.22. The Bertz CT molecular complexity index is 568. The van der Waals surface area contributed by atoms with Crippen LogP contribution in [0.3, 0.4) is 0 Å². The topological polar surface area (TPSA) is 123 Å². The highest BCUT2D eigenvalue weighted by atomic mass is 32.2. The van der Waals surface area contributed by atoms with Crippen molar-refractivity contribution in [1.82, 2.24) is 9.71 Å². The van der Waals surface area contributed by atoms with Gasteiger partial charge in [-0.05, 0) is 18.6 Å². The lowest BCUT2D eigenvalue weighted by molar-refractivity contribution is 0.105. The number of rotatable bonds is 6. The minimum atomic E-state index is -4.05. The van der Waals surface area contributed by atoms with Gasteiger partial charge < -0.3 is 10.2 Å². The summed E-state index contributed by atoms with van der Waals surface area (Å²) in [5.74, 6) is 0. The first-order valence-corrected chi connectivity index (χ1v) is 7.04. The molecule has 0 spiro atoms. The van der Waals surface area contributed by atoms with E-state index in [1.165, 1.54) is 18.3 Å². The minimum absolute atomic E-state index is 0.196. The fourth-order valence-electron chi connectivity index (χ4n) is 1.44. The second kappa shape index (κ2) is 6.08. The molecule has 1 heterocycles. The first kappa shape index (κ1) is 15.5. The highest BCUT2D eigenvalue weighted by Gasteiger charge is 2.33. The van der Waals surface area contributed by atoms with Crippen LogP contribution in [0.15, 0.2) is 23.2 Å². The highest BCUT2D eigenvalue weighted by Crippen LogP contribution is 2.17. The molecule has 0 aliphatic heterocycles. The molecule has 0 atom stereocenters. The van der Waals surface area contributed by atoms with Crippen molar-refractivity contribution in [3.8, 4) is 6.07 Å². The molecule has 0 bridgehead atoms. The van der Waals surface area contributed by atoms with Gasteiger partial charge in [-0.15, -0.1) is 0 Å². The van der Waals surface area contributed by atoms with Gasteiger partial charge in [-0.3, -0.25) is 0 Å². The van der Waals surface area contributed by atoms with Gasteiger partial charge in [0.15, 0.2) is 5.69 Å². The van der Waals surface area contributed by atoms with Crippen LogP contribution in [0.4, 0.5) is 0 Å². The molecular weight excluding hydrogens is 270 g/mol. The minimum Gasteiger partial charge on any atom is -0.394 e. The highest BCUT2D eigenvalue weighted by molar-refractivity contribution is 7.89. The number of hydrogen-bond acceptors (Lipinski definition) is 6. The van der Waals surface area contributed by atoms with Crippen LogP contribution in [0.2, 0.25) is 0 Å². The molecular formula is C11H15N3O4S. The molecule has 0 saturated carbocycles. The van der Waals surface area contributed by atoms with E-state index in [0.717, 1.165) is 0 Å². The predicted octanol–water partition coefficient (Wildman–Crippen LogP) is -0.635. The lowest BCUT2D eigenvalue weighted by Crippen LogP contribution is -2.53. The van der Waals surface area contributed by atoms with E-state index in [0.29, 0.717) is 0 Å². The summed E-state index contributed by atoms with van der Waals surface area (Å²) in [6.07, 6.45) is 1.50. The number of nitrogens with one attached hydrogen (secondary N) is 1. The second-order valence-electron chi connectivity index (χ2n) is 4.02. The normalized spacial score (nSPS) is 12.1. The molecule has 1 aromatic rings. The van der Waals surface area contributed by atoms with Crippen LogP contribution in [0.1, 0.15) is 19.0 Å². The molecule has 104 valence electrons. The van der Waals surface area contributed by atoms with E-state index in [2.05, 4.69) is 9.71 Å². The van der Waals surface area contributed by atoms with Crippen molar-refractivity contribution in [3.63, 3.8) is 0 Å². The number of sulfonamides is 1. The largest absolute Gasteiger partial charge is 0.394 e. The molecule has 0 fully saturated rings. The van der Waals surface area contributed by atoms with Gasteiger partial charge in [0.2, 0.25) is 10.0 Å². The van der Waals surface area contributed by atoms with Crippen molar-refractivity contribution in [3.05, 3.63) is 24.0 Å². The van der Waals surface area contributed by atoms with Gasteiger partial charge in [0.25, 0.3) is 0 Å². The Labute approximate surface area is 111 Å². The van der Waals surface area contributed by atoms with E-state index in [4.69, 9.17) is 5.26 Å². The van der Waals surface area contributed by atoms with Gasteiger partial charge in [0.1, 0.15) is 11.0 Å². The number of aliphatic hydroxyl groups excluding tert-OH is 2. The van der Waals surface area contributed by atoms with Crippen LogP contribution in [-0.2, 0) is 10.0 Å². The third-order valence-electron chi connectivity index (χ3n) is 2.80. The summed E-state index contributed by atoms with van der Waals surface area (Å²) >= 11 is 0. The van der Waals surface area contributed by atoms with E-state index in [9.17, 15) is 18.6 Å². The zero-order valence-corrected chi connectivity index (χ0v) is 11.2. The number of pyridine rings is 1. The smallest absolute Gasteiger partial charge is 0.244 e. The van der Waals surface area contributed by atoms with E-state index < -0.39 is 28.8 Å². The van der Waals surface area contributed by atoms with Crippen LogP contribution >= 0.6 is 0 Å². The number of hydrogen-bond donors (Lipinski definition) is 3. The number of nitriles is 1. The van der Waals surface area contributed by atoms with E-state index in [1.807, 2.05) is 0 Å². The second-order valence-corrected chi connectivity index (χ2v) is 5.67. The van der Waals surface area contributed by atoms with E-state index >= 15 is 0 Å². The fraction of sp³-hybridized carbons (Fsp3) is 0.455. The summed E-state index contributed by atoms with van der Waals surface area (Å²) in [5, 5.41) is 27.3. The SMILES string of the molecule is CCC(CO)(CO)NS(=O)(=O)c1cccnc1C#N. The summed E-state index contributed by atoms with van der Waals surface area (Å²) in [6.45, 7) is 0.520. The maximum Gasteiger partial charge on any atom is 0.244 e. The van der Waals surface area contributed by atoms with Crippen LogP contribution in [0.5, 0.6) is 0 Å². The third-order valence-corrected chi connectivity index (χ3v) is 4.41. The van der Waals surface area contributed by atoms with Crippen LogP contribution in [0, 0.1) is 11.3 Å². The van der Waals surface area contributed by atoms with Gasteiger partial charge in [-0.25, -0.2) is 18.1 Å². The van der Waals surface area contributed by atoms with Gasteiger partial charge in [-0.2, -0.15) is 5.26 Å². The average Bonchev–Trinajstić information content (AvgIpc) is 2.45. The van der Waals surface area contributed by atoms with Crippen LogP contribution in [-0.4, -0.2) is 42.4 Å². The van der Waals surface area contributed by atoms with Crippen molar-refractivity contribution in [2.24, 2.45) is 0 Å². The number of nitrogens with zero attached hydrogens (tertiary/aromatic N) is 2. The van der Waals surface area contributed by atoms with Crippen LogP contribution in [0.25, 0.3) is 0 Å². The summed E-state index contributed by atoms with van der Waals surface area (Å²) < 4.78 is 26.6. The van der Waals surface area contributed by atoms with E-state index in [-0.39, 0.29) is 17.0 Å². The predicted molar refractivity (Wildman–Crippen MR) is 66.5 cm³/mol. The molecule has 0 aliphatic carbocycles. The maximum atomic E-state index is 12.2. The number of aromatic nitrogens is 1. The zero-order chi connectivity index (χ0) is 14.5. The van der Waals surface area contributed by atoms with Gasteiger partial charge in [0, 0.05) is 6.20 Å². The Morgan fingerprint density at radius 2 is 2.11 bits per heavy atom. The van der Waals surface area contributed by atoms with Crippen molar-refractivity contribution >= 4 is 10.0 Å². The molecule has 0 radical (unpaired) electrons. The Kier molecular flexibility index (Phi) is 4.97. The molecule has 7 nitrogen and oxygen atoms in total. The maximum absolute atomic E-state index is 12.2. The monoisotopic (exact) mass is 285 g/mol. The van der Waals surface area contributed by atoms with Crippen molar-refractivity contribution in [2.75, 3.05) is 13.2 Å². The van der Waals surface area contributed by atoms with Crippen LogP contribution < -0.4 is 4.72 Å². The summed E-state index contributed by atoms with van der Waals surface area (Å²) in [5.41, 5.74) is -1.60. The van der Waals surface area contributed by atoms with Gasteiger partial charge in [0.05, 0.1) is 18.8 Å². The molecule has 0 unspecified atom stereocenters. The molecule has 1 aromatic heterocycles. The zero-order valence-electron chi connectivity index (χ0n) is 10.4. The fourth-order valence-corrected chi connectivity index (χ4v) is 3.01. The molecule has 1 rings (SSSR count). The standard InChI is InChI=1S/C11H15N3O4S/c1-2-11(7-15,8-16)14-19(17,18)10-4-3-5-13-9(10)6-12/h3-5,14-16H,2,7-8H2,1H3. The first-order valence-electron chi connectivity index (χ1n) is 5.55. The summed E-state index contributed by atoms with van der Waals surface area (Å²) in [4.78, 5) is 3.39.